The fourth-order valence-electron chi connectivity index (χ4n) is 2.14. The average Bonchev–Trinajstić information content (AvgIpc) is 2.43. The van der Waals surface area contributed by atoms with Crippen LogP contribution in [-0.2, 0) is 0 Å². The molecule has 0 heterocycles. The van der Waals surface area contributed by atoms with Crippen LogP contribution in [-0.4, -0.2) is 16.3 Å². The maximum absolute atomic E-state index is 9.92. The Kier molecular flexibility index (Phi) is 4.58. The third-order valence-corrected chi connectivity index (χ3v) is 3.10. The summed E-state index contributed by atoms with van der Waals surface area (Å²) in [6, 6.07) is 12.0. The van der Waals surface area contributed by atoms with E-state index in [4.69, 9.17) is 4.74 Å². The number of hydrogen-bond acceptors (Lipinski definition) is 4. The number of aromatic hydroxyl groups is 2. The standard InChI is InChI=1S/C17H21NO3/c1-11(2)21-17-7-5-4-6-15(17)18-12(3)14-10-13(19)8-9-16(14)20/h4-12,18-20H,1-3H3. The van der Waals surface area contributed by atoms with Crippen LogP contribution in [0.15, 0.2) is 42.5 Å². The Balaban J connectivity index is 2.23. The van der Waals surface area contributed by atoms with Crippen molar-refractivity contribution in [2.75, 3.05) is 5.32 Å². The quantitative estimate of drug-likeness (QED) is 0.726. The number of benzene rings is 2. The highest BCUT2D eigenvalue weighted by molar-refractivity contribution is 5.58. The number of phenols is 2. The lowest BCUT2D eigenvalue weighted by molar-refractivity contribution is 0.243. The molecule has 21 heavy (non-hydrogen) atoms. The lowest BCUT2D eigenvalue weighted by atomic mass is 10.1. The molecule has 2 aromatic rings. The minimum absolute atomic E-state index is 0.0810. The summed E-state index contributed by atoms with van der Waals surface area (Å²) in [6.07, 6.45) is 0.0810. The molecule has 0 bridgehead atoms. The molecule has 0 spiro atoms. The zero-order chi connectivity index (χ0) is 15.4. The topological polar surface area (TPSA) is 61.7 Å². The van der Waals surface area contributed by atoms with E-state index in [0.29, 0.717) is 5.56 Å². The van der Waals surface area contributed by atoms with Gasteiger partial charge in [0.15, 0.2) is 0 Å². The molecule has 1 atom stereocenters. The molecule has 0 aliphatic heterocycles. The average molecular weight is 287 g/mol. The molecule has 2 aromatic carbocycles. The molecule has 0 saturated heterocycles. The van der Waals surface area contributed by atoms with Gasteiger partial charge in [0.25, 0.3) is 0 Å². The summed E-state index contributed by atoms with van der Waals surface area (Å²) < 4.78 is 5.76. The molecule has 4 heteroatoms. The summed E-state index contributed by atoms with van der Waals surface area (Å²) >= 11 is 0. The Hall–Kier alpha value is -2.36. The summed E-state index contributed by atoms with van der Waals surface area (Å²) in [4.78, 5) is 0. The first-order valence-electron chi connectivity index (χ1n) is 7.01. The molecular weight excluding hydrogens is 266 g/mol. The number of rotatable bonds is 5. The molecule has 0 saturated carbocycles. The first-order valence-corrected chi connectivity index (χ1v) is 7.01. The molecular formula is C17H21NO3. The van der Waals surface area contributed by atoms with Gasteiger partial charge in [0, 0.05) is 5.56 Å². The van der Waals surface area contributed by atoms with Crippen molar-refractivity contribution in [1.29, 1.82) is 0 Å². The van der Waals surface area contributed by atoms with Crippen molar-refractivity contribution in [2.24, 2.45) is 0 Å². The summed E-state index contributed by atoms with van der Waals surface area (Å²) in [6.45, 7) is 5.86. The van der Waals surface area contributed by atoms with Crippen LogP contribution in [0.1, 0.15) is 32.4 Å². The van der Waals surface area contributed by atoms with Crippen LogP contribution in [0.4, 0.5) is 5.69 Å². The number of phenolic OH excluding ortho intramolecular Hbond substituents is 2. The van der Waals surface area contributed by atoms with Crippen LogP contribution in [0.5, 0.6) is 17.2 Å². The second-order valence-corrected chi connectivity index (χ2v) is 5.27. The Labute approximate surface area is 125 Å². The largest absolute Gasteiger partial charge is 0.508 e. The molecule has 0 radical (unpaired) electrons. The van der Waals surface area contributed by atoms with Gasteiger partial charge in [0.05, 0.1) is 17.8 Å². The van der Waals surface area contributed by atoms with Crippen LogP contribution in [0.25, 0.3) is 0 Å². The zero-order valence-electron chi connectivity index (χ0n) is 12.5. The minimum atomic E-state index is -0.172. The highest BCUT2D eigenvalue weighted by Gasteiger charge is 2.13. The van der Waals surface area contributed by atoms with Gasteiger partial charge in [-0.1, -0.05) is 12.1 Å². The lowest BCUT2D eigenvalue weighted by Crippen LogP contribution is -2.11. The van der Waals surface area contributed by atoms with Crippen molar-refractivity contribution in [1.82, 2.24) is 0 Å². The lowest BCUT2D eigenvalue weighted by Gasteiger charge is -2.20. The van der Waals surface area contributed by atoms with Gasteiger partial charge in [-0.15, -0.1) is 0 Å². The molecule has 1 unspecified atom stereocenters. The summed E-state index contributed by atoms with van der Waals surface area (Å²) in [5, 5.41) is 22.8. The molecule has 2 rings (SSSR count). The van der Waals surface area contributed by atoms with Gasteiger partial charge in [-0.2, -0.15) is 0 Å². The fraction of sp³-hybridized carbons (Fsp3) is 0.294. The van der Waals surface area contributed by atoms with Gasteiger partial charge in [-0.25, -0.2) is 0 Å². The molecule has 0 fully saturated rings. The Morgan fingerprint density at radius 2 is 1.71 bits per heavy atom. The number of hydrogen-bond donors (Lipinski definition) is 3. The summed E-state index contributed by atoms with van der Waals surface area (Å²) in [5.41, 5.74) is 1.48. The van der Waals surface area contributed by atoms with Gasteiger partial charge >= 0.3 is 0 Å². The number of nitrogens with one attached hydrogen (secondary N) is 1. The van der Waals surface area contributed by atoms with Crippen LogP contribution in [0.2, 0.25) is 0 Å². The van der Waals surface area contributed by atoms with E-state index in [9.17, 15) is 10.2 Å². The van der Waals surface area contributed by atoms with Crippen molar-refractivity contribution < 1.29 is 14.9 Å². The third kappa shape index (κ3) is 3.81. The van der Waals surface area contributed by atoms with E-state index in [1.54, 1.807) is 6.07 Å². The minimum Gasteiger partial charge on any atom is -0.508 e. The van der Waals surface area contributed by atoms with Gasteiger partial charge in [0.2, 0.25) is 0 Å². The normalized spacial score (nSPS) is 12.2. The van der Waals surface area contributed by atoms with E-state index in [0.717, 1.165) is 11.4 Å². The second-order valence-electron chi connectivity index (χ2n) is 5.27. The Bertz CT molecular complexity index is 611. The monoisotopic (exact) mass is 287 g/mol. The van der Waals surface area contributed by atoms with Crippen LogP contribution in [0, 0.1) is 0 Å². The molecule has 0 aliphatic rings. The van der Waals surface area contributed by atoms with Crippen molar-refractivity contribution >= 4 is 5.69 Å². The molecule has 0 aliphatic carbocycles. The summed E-state index contributed by atoms with van der Waals surface area (Å²) in [7, 11) is 0. The Morgan fingerprint density at radius 3 is 2.43 bits per heavy atom. The van der Waals surface area contributed by atoms with Crippen LogP contribution in [0.3, 0.4) is 0 Å². The first kappa shape index (κ1) is 15.0. The van der Waals surface area contributed by atoms with E-state index in [1.165, 1.54) is 12.1 Å². The first-order chi connectivity index (χ1) is 9.97. The molecule has 112 valence electrons. The van der Waals surface area contributed by atoms with E-state index in [2.05, 4.69) is 5.32 Å². The highest BCUT2D eigenvalue weighted by Crippen LogP contribution is 2.33. The molecule has 0 aromatic heterocycles. The van der Waals surface area contributed by atoms with Crippen molar-refractivity contribution in [3.05, 3.63) is 48.0 Å². The summed E-state index contributed by atoms with van der Waals surface area (Å²) in [5.74, 6) is 1.04. The van der Waals surface area contributed by atoms with Crippen molar-refractivity contribution in [2.45, 2.75) is 32.9 Å². The molecule has 4 nitrogen and oxygen atoms in total. The van der Waals surface area contributed by atoms with Gasteiger partial charge in [-0.3, -0.25) is 0 Å². The third-order valence-electron chi connectivity index (χ3n) is 3.10. The predicted molar refractivity (Wildman–Crippen MR) is 84.0 cm³/mol. The SMILES string of the molecule is CC(C)Oc1ccccc1NC(C)c1cc(O)ccc1O. The van der Waals surface area contributed by atoms with Gasteiger partial charge in [-0.05, 0) is 51.1 Å². The smallest absolute Gasteiger partial charge is 0.142 e. The Morgan fingerprint density at radius 1 is 1.00 bits per heavy atom. The molecule has 3 N–H and O–H groups in total. The van der Waals surface area contributed by atoms with Crippen LogP contribution < -0.4 is 10.1 Å². The molecule has 0 amide bonds. The van der Waals surface area contributed by atoms with Crippen molar-refractivity contribution in [3.63, 3.8) is 0 Å². The highest BCUT2D eigenvalue weighted by atomic mass is 16.5. The number of anilines is 1. The van der Waals surface area contributed by atoms with Gasteiger partial charge < -0.3 is 20.3 Å². The predicted octanol–water partition coefficient (Wildman–Crippen LogP) is 4.06. The maximum atomic E-state index is 9.92. The fourth-order valence-corrected chi connectivity index (χ4v) is 2.14. The van der Waals surface area contributed by atoms with E-state index >= 15 is 0 Å². The number of ether oxygens (including phenoxy) is 1. The van der Waals surface area contributed by atoms with E-state index in [-0.39, 0.29) is 23.6 Å². The second kappa shape index (κ2) is 6.39. The van der Waals surface area contributed by atoms with Crippen molar-refractivity contribution in [3.8, 4) is 17.2 Å². The number of para-hydroxylation sites is 2. The van der Waals surface area contributed by atoms with Gasteiger partial charge in [0.1, 0.15) is 17.2 Å². The maximum Gasteiger partial charge on any atom is 0.142 e. The zero-order valence-corrected chi connectivity index (χ0v) is 12.5. The van der Waals surface area contributed by atoms with E-state index in [1.807, 2.05) is 45.0 Å². The van der Waals surface area contributed by atoms with Crippen LogP contribution >= 0.6 is 0 Å². The van der Waals surface area contributed by atoms with E-state index < -0.39 is 0 Å².